The Hall–Kier alpha value is -1.26. The number of amides is 2. The standard InChI is InChI=1S/C12H24N2O3/c1-5-10(3)14(4)12(17)13-8-9(2)6-7-11(15)16/h9-10H,5-8H2,1-4H3,(H,13,17)(H,15,16). The van der Waals surface area contributed by atoms with Crippen LogP contribution in [0.25, 0.3) is 0 Å². The van der Waals surface area contributed by atoms with Crippen molar-refractivity contribution in [2.75, 3.05) is 13.6 Å². The summed E-state index contributed by atoms with van der Waals surface area (Å²) >= 11 is 0. The molecular weight excluding hydrogens is 220 g/mol. The molecule has 0 aliphatic rings. The summed E-state index contributed by atoms with van der Waals surface area (Å²) in [5, 5.41) is 11.4. The van der Waals surface area contributed by atoms with E-state index in [2.05, 4.69) is 5.32 Å². The second-order valence-electron chi connectivity index (χ2n) is 4.59. The van der Waals surface area contributed by atoms with Crippen molar-refractivity contribution < 1.29 is 14.7 Å². The summed E-state index contributed by atoms with van der Waals surface area (Å²) in [4.78, 5) is 23.7. The van der Waals surface area contributed by atoms with E-state index in [0.717, 1.165) is 6.42 Å². The molecule has 0 fully saturated rings. The molecule has 0 spiro atoms. The Kier molecular flexibility index (Phi) is 7.34. The SMILES string of the molecule is CCC(C)N(C)C(=O)NCC(C)CCC(=O)O. The van der Waals surface area contributed by atoms with Crippen molar-refractivity contribution in [3.8, 4) is 0 Å². The fraction of sp³-hybridized carbons (Fsp3) is 0.833. The molecule has 5 heteroatoms. The van der Waals surface area contributed by atoms with Crippen LogP contribution in [0, 0.1) is 5.92 Å². The third kappa shape index (κ3) is 6.81. The average molecular weight is 244 g/mol. The molecule has 2 atom stereocenters. The van der Waals surface area contributed by atoms with E-state index in [1.165, 1.54) is 0 Å². The molecule has 2 amide bonds. The Balaban J connectivity index is 3.86. The molecule has 0 rings (SSSR count). The van der Waals surface area contributed by atoms with Gasteiger partial charge in [-0.2, -0.15) is 0 Å². The molecule has 100 valence electrons. The van der Waals surface area contributed by atoms with Gasteiger partial charge in [0.1, 0.15) is 0 Å². The highest BCUT2D eigenvalue weighted by Gasteiger charge is 2.14. The normalized spacial score (nSPS) is 13.9. The van der Waals surface area contributed by atoms with E-state index in [-0.39, 0.29) is 24.4 Å². The van der Waals surface area contributed by atoms with Gasteiger partial charge in [0.25, 0.3) is 0 Å². The molecule has 0 heterocycles. The summed E-state index contributed by atoms with van der Waals surface area (Å²) in [7, 11) is 1.77. The lowest BCUT2D eigenvalue weighted by molar-refractivity contribution is -0.137. The molecular formula is C12H24N2O3. The maximum Gasteiger partial charge on any atom is 0.317 e. The van der Waals surface area contributed by atoms with Crippen molar-refractivity contribution in [2.24, 2.45) is 5.92 Å². The summed E-state index contributed by atoms with van der Waals surface area (Å²) in [5.74, 6) is -0.611. The Morgan fingerprint density at radius 2 is 1.94 bits per heavy atom. The van der Waals surface area contributed by atoms with Gasteiger partial charge in [0.15, 0.2) is 0 Å². The minimum Gasteiger partial charge on any atom is -0.481 e. The lowest BCUT2D eigenvalue weighted by Gasteiger charge is -2.24. The predicted molar refractivity (Wildman–Crippen MR) is 66.9 cm³/mol. The molecule has 0 aromatic heterocycles. The summed E-state index contributed by atoms with van der Waals surface area (Å²) in [6.45, 7) is 6.48. The van der Waals surface area contributed by atoms with Crippen LogP contribution in [0.1, 0.15) is 40.0 Å². The number of carbonyl (C=O) groups is 2. The maximum absolute atomic E-state index is 11.7. The lowest BCUT2D eigenvalue weighted by Crippen LogP contribution is -2.43. The molecule has 0 bridgehead atoms. The summed E-state index contributed by atoms with van der Waals surface area (Å²) in [6, 6.07) is 0.117. The second kappa shape index (κ2) is 7.92. The third-order valence-electron chi connectivity index (χ3n) is 3.03. The molecule has 0 aliphatic heterocycles. The van der Waals surface area contributed by atoms with Crippen LogP contribution in [0.3, 0.4) is 0 Å². The van der Waals surface area contributed by atoms with E-state index < -0.39 is 5.97 Å². The van der Waals surface area contributed by atoms with Crippen LogP contribution >= 0.6 is 0 Å². The fourth-order valence-electron chi connectivity index (χ4n) is 1.33. The van der Waals surface area contributed by atoms with Gasteiger partial charge in [-0.25, -0.2) is 4.79 Å². The van der Waals surface area contributed by atoms with Gasteiger partial charge in [-0.3, -0.25) is 4.79 Å². The number of rotatable bonds is 7. The predicted octanol–water partition coefficient (Wildman–Crippen LogP) is 1.93. The van der Waals surface area contributed by atoms with E-state index in [1.807, 2.05) is 20.8 Å². The minimum atomic E-state index is -0.792. The number of carboxylic acids is 1. The van der Waals surface area contributed by atoms with Crippen LogP contribution in [-0.2, 0) is 4.79 Å². The number of carboxylic acid groups (broad SMARTS) is 1. The third-order valence-corrected chi connectivity index (χ3v) is 3.03. The van der Waals surface area contributed by atoms with Crippen LogP contribution in [-0.4, -0.2) is 41.6 Å². The zero-order valence-electron chi connectivity index (χ0n) is 11.2. The molecule has 2 unspecified atom stereocenters. The first-order valence-electron chi connectivity index (χ1n) is 6.10. The summed E-state index contributed by atoms with van der Waals surface area (Å²) in [6.07, 6.45) is 1.65. The lowest BCUT2D eigenvalue weighted by atomic mass is 10.1. The molecule has 0 saturated heterocycles. The topological polar surface area (TPSA) is 69.6 Å². The van der Waals surface area contributed by atoms with E-state index in [4.69, 9.17) is 5.11 Å². The highest BCUT2D eigenvalue weighted by atomic mass is 16.4. The number of urea groups is 1. The van der Waals surface area contributed by atoms with E-state index >= 15 is 0 Å². The number of aliphatic carboxylic acids is 1. The average Bonchev–Trinajstić information content (AvgIpc) is 2.31. The monoisotopic (exact) mass is 244 g/mol. The van der Waals surface area contributed by atoms with Crippen LogP contribution in [0.15, 0.2) is 0 Å². The summed E-state index contributed by atoms with van der Waals surface area (Å²) in [5.41, 5.74) is 0. The van der Waals surface area contributed by atoms with Crippen molar-refractivity contribution in [3.63, 3.8) is 0 Å². The van der Waals surface area contributed by atoms with Gasteiger partial charge in [-0.05, 0) is 25.7 Å². The van der Waals surface area contributed by atoms with E-state index in [1.54, 1.807) is 11.9 Å². The number of hydrogen-bond donors (Lipinski definition) is 2. The molecule has 0 saturated carbocycles. The molecule has 17 heavy (non-hydrogen) atoms. The van der Waals surface area contributed by atoms with Gasteiger partial charge in [-0.1, -0.05) is 13.8 Å². The van der Waals surface area contributed by atoms with Crippen molar-refractivity contribution in [1.82, 2.24) is 10.2 Å². The van der Waals surface area contributed by atoms with Gasteiger partial charge in [0, 0.05) is 26.1 Å². The molecule has 0 aromatic rings. The molecule has 0 radical (unpaired) electrons. The van der Waals surface area contributed by atoms with Gasteiger partial charge < -0.3 is 15.3 Å². The number of hydrogen-bond acceptors (Lipinski definition) is 2. The first-order chi connectivity index (χ1) is 7.88. The second-order valence-corrected chi connectivity index (χ2v) is 4.59. The Morgan fingerprint density at radius 1 is 1.35 bits per heavy atom. The summed E-state index contributed by atoms with van der Waals surface area (Å²) < 4.78 is 0. The number of carbonyl (C=O) groups excluding carboxylic acids is 1. The van der Waals surface area contributed by atoms with Gasteiger partial charge >= 0.3 is 12.0 Å². The van der Waals surface area contributed by atoms with Crippen LogP contribution in [0.5, 0.6) is 0 Å². The van der Waals surface area contributed by atoms with Gasteiger partial charge in [-0.15, -0.1) is 0 Å². The Morgan fingerprint density at radius 3 is 2.41 bits per heavy atom. The zero-order chi connectivity index (χ0) is 13.4. The smallest absolute Gasteiger partial charge is 0.317 e. The number of nitrogens with zero attached hydrogens (tertiary/aromatic N) is 1. The van der Waals surface area contributed by atoms with Crippen molar-refractivity contribution >= 4 is 12.0 Å². The zero-order valence-corrected chi connectivity index (χ0v) is 11.2. The van der Waals surface area contributed by atoms with E-state index in [9.17, 15) is 9.59 Å². The van der Waals surface area contributed by atoms with Crippen LogP contribution in [0.2, 0.25) is 0 Å². The largest absolute Gasteiger partial charge is 0.481 e. The van der Waals surface area contributed by atoms with Gasteiger partial charge in [0.05, 0.1) is 0 Å². The van der Waals surface area contributed by atoms with Crippen molar-refractivity contribution in [1.29, 1.82) is 0 Å². The van der Waals surface area contributed by atoms with Crippen LogP contribution < -0.4 is 5.32 Å². The molecule has 5 nitrogen and oxygen atoms in total. The highest BCUT2D eigenvalue weighted by molar-refractivity contribution is 5.74. The Labute approximate surface area is 103 Å². The number of nitrogens with one attached hydrogen (secondary N) is 1. The van der Waals surface area contributed by atoms with Crippen LogP contribution in [0.4, 0.5) is 4.79 Å². The van der Waals surface area contributed by atoms with Crippen molar-refractivity contribution in [2.45, 2.75) is 46.1 Å². The first kappa shape index (κ1) is 15.7. The van der Waals surface area contributed by atoms with E-state index in [0.29, 0.717) is 13.0 Å². The quantitative estimate of drug-likeness (QED) is 0.719. The molecule has 0 aromatic carbocycles. The highest BCUT2D eigenvalue weighted by Crippen LogP contribution is 2.05. The first-order valence-corrected chi connectivity index (χ1v) is 6.10. The molecule has 2 N–H and O–H groups in total. The minimum absolute atomic E-state index is 0.0958. The fourth-order valence-corrected chi connectivity index (χ4v) is 1.33. The van der Waals surface area contributed by atoms with Gasteiger partial charge in [0.2, 0.25) is 0 Å². The van der Waals surface area contributed by atoms with Crippen molar-refractivity contribution in [3.05, 3.63) is 0 Å². The maximum atomic E-state index is 11.7. The molecule has 0 aliphatic carbocycles. The Bertz CT molecular complexity index is 256.